The Morgan fingerprint density at radius 2 is 1.19 bits per heavy atom. The first-order valence-electron chi connectivity index (χ1n) is 7.76. The Morgan fingerprint density at radius 1 is 0.808 bits per heavy atom. The van der Waals surface area contributed by atoms with Crippen LogP contribution in [0.1, 0.15) is 23.0 Å². The first kappa shape index (κ1) is 18.8. The second-order valence-electron chi connectivity index (χ2n) is 5.14. The maximum Gasteiger partial charge on any atom is 0.207 e. The van der Waals surface area contributed by atoms with Crippen LogP contribution in [0, 0.1) is 22.7 Å². The van der Waals surface area contributed by atoms with Crippen molar-refractivity contribution in [1.29, 1.82) is 10.5 Å². The van der Waals surface area contributed by atoms with Gasteiger partial charge >= 0.3 is 0 Å². The number of nitriles is 2. The topological polar surface area (TPSA) is 96.4 Å². The molecule has 0 aliphatic carbocycles. The molecule has 26 heavy (non-hydrogen) atoms. The summed E-state index contributed by atoms with van der Waals surface area (Å²) in [5, 5.41) is 26.5. The number of hydrazone groups is 2. The monoisotopic (exact) mass is 360 g/mol. The van der Waals surface area contributed by atoms with E-state index in [9.17, 15) is 10.5 Å². The fourth-order valence-corrected chi connectivity index (χ4v) is 2.18. The van der Waals surface area contributed by atoms with Crippen molar-refractivity contribution >= 4 is 29.8 Å². The molecule has 0 fully saturated rings. The van der Waals surface area contributed by atoms with Crippen LogP contribution >= 0.6 is 12.2 Å². The molecule has 0 saturated carbocycles. The van der Waals surface area contributed by atoms with E-state index in [1.54, 1.807) is 0 Å². The third-order valence-corrected chi connectivity index (χ3v) is 3.56. The minimum absolute atomic E-state index is 0.159. The summed E-state index contributed by atoms with van der Waals surface area (Å²) in [6, 6.07) is 22.9. The lowest BCUT2D eigenvalue weighted by molar-refractivity contribution is 0.921. The fraction of sp³-hybridized carbons (Fsp3) is 0.105. The van der Waals surface area contributed by atoms with Crippen LogP contribution in [0.3, 0.4) is 0 Å². The molecule has 0 aromatic heterocycles. The number of nitrogens with zero attached hydrogens (tertiary/aromatic N) is 4. The summed E-state index contributed by atoms with van der Waals surface area (Å²) in [7, 11) is 0. The summed E-state index contributed by atoms with van der Waals surface area (Å²) in [6.45, 7) is 0. The third kappa shape index (κ3) is 5.82. The standard InChI is InChI=1S/C19H16N6S/c20-11-17(15-7-3-1-4-8-15)13-22-24-19(26)25-23-14-18(12-21)16-9-5-2-6-10-16/h1-10,13-14,17-18H,(H2,24,25,26)/b22-13-,23-14-/t17-,18-/m1/s1. The molecule has 6 nitrogen and oxygen atoms in total. The van der Waals surface area contributed by atoms with Crippen LogP contribution < -0.4 is 10.9 Å². The number of thiocarbonyl (C=S) groups is 1. The van der Waals surface area contributed by atoms with Crippen molar-refractivity contribution in [2.24, 2.45) is 10.2 Å². The normalized spacial score (nSPS) is 12.8. The van der Waals surface area contributed by atoms with Gasteiger partial charge in [-0.3, -0.25) is 10.9 Å². The van der Waals surface area contributed by atoms with Gasteiger partial charge in [-0.25, -0.2) is 0 Å². The van der Waals surface area contributed by atoms with Crippen LogP contribution in [0.2, 0.25) is 0 Å². The summed E-state index contributed by atoms with van der Waals surface area (Å²) in [4.78, 5) is 0. The molecule has 0 heterocycles. The summed E-state index contributed by atoms with van der Waals surface area (Å²) < 4.78 is 0. The molecule has 0 amide bonds. The third-order valence-electron chi connectivity index (χ3n) is 3.37. The Labute approximate surface area is 157 Å². The van der Waals surface area contributed by atoms with E-state index in [1.807, 2.05) is 60.7 Å². The van der Waals surface area contributed by atoms with Crippen molar-refractivity contribution in [2.75, 3.05) is 0 Å². The molecule has 0 aliphatic heterocycles. The van der Waals surface area contributed by atoms with Crippen LogP contribution in [0.4, 0.5) is 0 Å². The number of nitrogens with one attached hydrogen (secondary N) is 2. The van der Waals surface area contributed by atoms with Crippen LogP contribution in [-0.2, 0) is 0 Å². The fourth-order valence-electron chi connectivity index (χ4n) is 2.07. The van der Waals surface area contributed by atoms with Crippen molar-refractivity contribution in [3.63, 3.8) is 0 Å². The molecule has 0 bridgehead atoms. The predicted octanol–water partition coefficient (Wildman–Crippen LogP) is 3.04. The molecule has 0 aliphatic rings. The number of rotatable bonds is 6. The Hall–Kier alpha value is -3.55. The van der Waals surface area contributed by atoms with E-state index in [2.05, 4.69) is 33.2 Å². The lowest BCUT2D eigenvalue weighted by Crippen LogP contribution is -2.28. The van der Waals surface area contributed by atoms with Gasteiger partial charge in [0.25, 0.3) is 0 Å². The van der Waals surface area contributed by atoms with Crippen molar-refractivity contribution in [3.8, 4) is 12.1 Å². The van der Waals surface area contributed by atoms with Crippen LogP contribution in [0.5, 0.6) is 0 Å². The molecule has 0 unspecified atom stereocenters. The lowest BCUT2D eigenvalue weighted by atomic mass is 10.0. The molecule has 2 aromatic carbocycles. The molecule has 0 saturated heterocycles. The van der Waals surface area contributed by atoms with Crippen molar-refractivity contribution in [2.45, 2.75) is 11.8 Å². The minimum Gasteiger partial charge on any atom is -0.253 e. The first-order valence-corrected chi connectivity index (χ1v) is 8.17. The summed E-state index contributed by atoms with van der Waals surface area (Å²) in [6.07, 6.45) is 2.93. The highest BCUT2D eigenvalue weighted by atomic mass is 32.1. The van der Waals surface area contributed by atoms with E-state index < -0.39 is 11.8 Å². The second kappa shape index (κ2) is 10.3. The van der Waals surface area contributed by atoms with E-state index in [0.29, 0.717) is 0 Å². The van der Waals surface area contributed by atoms with E-state index in [1.165, 1.54) is 12.4 Å². The average molecular weight is 360 g/mol. The zero-order valence-corrected chi connectivity index (χ0v) is 14.6. The summed E-state index contributed by atoms with van der Waals surface area (Å²) in [5.41, 5.74) is 6.87. The van der Waals surface area contributed by atoms with Crippen molar-refractivity contribution < 1.29 is 0 Å². The Kier molecular flexibility index (Phi) is 7.47. The smallest absolute Gasteiger partial charge is 0.207 e. The van der Waals surface area contributed by atoms with Gasteiger partial charge in [-0.05, 0) is 23.3 Å². The van der Waals surface area contributed by atoms with Gasteiger partial charge in [-0.15, -0.1) is 0 Å². The van der Waals surface area contributed by atoms with Crippen LogP contribution in [0.15, 0.2) is 70.9 Å². The van der Waals surface area contributed by atoms with Gasteiger partial charge in [-0.2, -0.15) is 20.7 Å². The van der Waals surface area contributed by atoms with Crippen molar-refractivity contribution in [3.05, 3.63) is 71.8 Å². The molecule has 0 spiro atoms. The summed E-state index contributed by atoms with van der Waals surface area (Å²) in [5.74, 6) is -0.952. The van der Waals surface area contributed by atoms with Gasteiger partial charge in [-0.1, -0.05) is 60.7 Å². The molecule has 128 valence electrons. The molecular formula is C19H16N6S. The SMILES string of the molecule is N#C[C@H](/C=N\NC(=S)N/N=C\[C@@H](C#N)c1ccccc1)c1ccccc1. The zero-order chi connectivity index (χ0) is 18.6. The zero-order valence-electron chi connectivity index (χ0n) is 13.8. The maximum absolute atomic E-state index is 9.21. The highest BCUT2D eigenvalue weighted by Gasteiger charge is 2.07. The van der Waals surface area contributed by atoms with Gasteiger partial charge in [0, 0.05) is 12.4 Å². The largest absolute Gasteiger partial charge is 0.253 e. The maximum atomic E-state index is 9.21. The highest BCUT2D eigenvalue weighted by molar-refractivity contribution is 7.80. The minimum atomic E-state index is -0.476. The van der Waals surface area contributed by atoms with E-state index >= 15 is 0 Å². The van der Waals surface area contributed by atoms with Gasteiger partial charge in [0.05, 0.1) is 12.1 Å². The van der Waals surface area contributed by atoms with E-state index in [-0.39, 0.29) is 5.11 Å². The predicted molar refractivity (Wildman–Crippen MR) is 105 cm³/mol. The molecule has 2 aromatic rings. The Bertz CT molecular complexity index is 778. The Balaban J connectivity index is 1.85. The molecule has 0 radical (unpaired) electrons. The lowest BCUT2D eigenvalue weighted by Gasteiger charge is -2.05. The molecule has 2 N–H and O–H groups in total. The second-order valence-corrected chi connectivity index (χ2v) is 5.55. The molecule has 2 atom stereocenters. The molecule has 2 rings (SSSR count). The number of hydrogen-bond donors (Lipinski definition) is 2. The molecular weight excluding hydrogens is 344 g/mol. The van der Waals surface area contributed by atoms with Gasteiger partial charge < -0.3 is 0 Å². The van der Waals surface area contributed by atoms with E-state index in [0.717, 1.165) is 11.1 Å². The van der Waals surface area contributed by atoms with Gasteiger partial charge in [0.15, 0.2) is 0 Å². The average Bonchev–Trinajstić information content (AvgIpc) is 2.70. The van der Waals surface area contributed by atoms with Crippen LogP contribution in [0.25, 0.3) is 0 Å². The molecule has 7 heteroatoms. The first-order chi connectivity index (χ1) is 12.7. The van der Waals surface area contributed by atoms with Gasteiger partial charge in [0.2, 0.25) is 5.11 Å². The summed E-state index contributed by atoms with van der Waals surface area (Å²) >= 11 is 5.05. The van der Waals surface area contributed by atoms with Crippen LogP contribution in [-0.4, -0.2) is 17.5 Å². The van der Waals surface area contributed by atoms with Gasteiger partial charge in [0.1, 0.15) is 11.8 Å². The number of benzene rings is 2. The van der Waals surface area contributed by atoms with Crippen molar-refractivity contribution in [1.82, 2.24) is 10.9 Å². The number of hydrogen-bond acceptors (Lipinski definition) is 5. The quantitative estimate of drug-likeness (QED) is 0.469. The van der Waals surface area contributed by atoms with E-state index in [4.69, 9.17) is 12.2 Å². The highest BCUT2D eigenvalue weighted by Crippen LogP contribution is 2.12. The Morgan fingerprint density at radius 3 is 1.54 bits per heavy atom.